The van der Waals surface area contributed by atoms with Crippen LogP contribution in [0.3, 0.4) is 0 Å². The molecule has 5 heteroatoms. The number of benzene rings is 1. The van der Waals surface area contributed by atoms with Crippen LogP contribution in [0.4, 0.5) is 5.69 Å². The number of hydrogen-bond acceptors (Lipinski definition) is 4. The van der Waals surface area contributed by atoms with Gasteiger partial charge in [0.15, 0.2) is 11.5 Å². The molecule has 112 valence electrons. The van der Waals surface area contributed by atoms with Crippen molar-refractivity contribution in [3.63, 3.8) is 0 Å². The van der Waals surface area contributed by atoms with Crippen molar-refractivity contribution in [1.29, 1.82) is 0 Å². The van der Waals surface area contributed by atoms with Crippen molar-refractivity contribution in [2.45, 2.75) is 26.7 Å². The summed E-state index contributed by atoms with van der Waals surface area (Å²) in [6, 6.07) is 10.8. The van der Waals surface area contributed by atoms with Gasteiger partial charge in [-0.2, -0.15) is 0 Å². The Morgan fingerprint density at radius 1 is 1.18 bits per heavy atom. The fourth-order valence-electron chi connectivity index (χ4n) is 2.13. The first-order valence-electron chi connectivity index (χ1n) is 7.18. The molecule has 0 saturated heterocycles. The lowest BCUT2D eigenvalue weighted by molar-refractivity contribution is 0.102. The molecule has 5 nitrogen and oxygen atoms in total. The van der Waals surface area contributed by atoms with E-state index in [2.05, 4.69) is 15.3 Å². The molecule has 3 aromatic rings. The van der Waals surface area contributed by atoms with Crippen molar-refractivity contribution < 1.29 is 9.21 Å². The lowest BCUT2D eigenvalue weighted by Gasteiger charge is -2.04. The highest BCUT2D eigenvalue weighted by molar-refractivity contribution is 6.03. The lowest BCUT2D eigenvalue weighted by Crippen LogP contribution is -2.13. The van der Waals surface area contributed by atoms with Crippen molar-refractivity contribution in [3.05, 3.63) is 53.7 Å². The zero-order valence-electron chi connectivity index (χ0n) is 12.8. The highest BCUT2D eigenvalue weighted by Crippen LogP contribution is 2.23. The van der Waals surface area contributed by atoms with Crippen LogP contribution in [0.2, 0.25) is 0 Å². The predicted molar refractivity (Wildman–Crippen MR) is 85.0 cm³/mol. The van der Waals surface area contributed by atoms with Gasteiger partial charge in [-0.3, -0.25) is 4.79 Å². The SMILES string of the molecule is Cc1cccc(C(=O)Nc2ccc3oc(C(C)C)nc3c2)n1. The molecule has 22 heavy (non-hydrogen) atoms. The number of pyridine rings is 1. The van der Waals surface area contributed by atoms with Gasteiger partial charge in [0.25, 0.3) is 5.91 Å². The summed E-state index contributed by atoms with van der Waals surface area (Å²) in [6.07, 6.45) is 0. The van der Waals surface area contributed by atoms with Crippen LogP contribution in [0.15, 0.2) is 40.8 Å². The molecule has 0 atom stereocenters. The van der Waals surface area contributed by atoms with E-state index in [0.29, 0.717) is 17.3 Å². The van der Waals surface area contributed by atoms with E-state index >= 15 is 0 Å². The van der Waals surface area contributed by atoms with Crippen LogP contribution < -0.4 is 5.32 Å². The van der Waals surface area contributed by atoms with Crippen molar-refractivity contribution in [1.82, 2.24) is 9.97 Å². The zero-order valence-corrected chi connectivity index (χ0v) is 12.8. The van der Waals surface area contributed by atoms with Crippen LogP contribution in [0.1, 0.15) is 41.8 Å². The summed E-state index contributed by atoms with van der Waals surface area (Å²) in [5, 5.41) is 2.83. The number of oxazole rings is 1. The Bertz CT molecular complexity index is 837. The third-order valence-electron chi connectivity index (χ3n) is 3.28. The smallest absolute Gasteiger partial charge is 0.274 e. The Labute approximate surface area is 128 Å². The lowest BCUT2D eigenvalue weighted by atomic mass is 10.2. The second-order valence-electron chi connectivity index (χ2n) is 5.51. The number of fused-ring (bicyclic) bond motifs is 1. The van der Waals surface area contributed by atoms with E-state index in [1.54, 1.807) is 18.2 Å². The molecule has 2 heterocycles. The molecule has 0 aliphatic heterocycles. The first-order chi connectivity index (χ1) is 10.5. The number of amides is 1. The normalized spacial score (nSPS) is 11.1. The molecule has 0 spiro atoms. The second-order valence-corrected chi connectivity index (χ2v) is 5.51. The van der Waals surface area contributed by atoms with Crippen LogP contribution in [-0.2, 0) is 0 Å². The summed E-state index contributed by atoms with van der Waals surface area (Å²) < 4.78 is 5.65. The van der Waals surface area contributed by atoms with E-state index in [-0.39, 0.29) is 11.8 Å². The standard InChI is InChI=1S/C17H17N3O2/c1-10(2)17-20-14-9-12(7-8-15(14)22-17)19-16(21)13-6-4-5-11(3)18-13/h4-10H,1-3H3,(H,19,21). The van der Waals surface area contributed by atoms with Crippen LogP contribution in [0, 0.1) is 6.92 Å². The summed E-state index contributed by atoms with van der Waals surface area (Å²) in [5.74, 6) is 0.677. The highest BCUT2D eigenvalue weighted by Gasteiger charge is 2.12. The molecule has 0 radical (unpaired) electrons. The van der Waals surface area contributed by atoms with Gasteiger partial charge >= 0.3 is 0 Å². The maximum absolute atomic E-state index is 12.2. The molecule has 1 aromatic carbocycles. The summed E-state index contributed by atoms with van der Waals surface area (Å²) in [7, 11) is 0. The van der Waals surface area contributed by atoms with Gasteiger partial charge in [-0.1, -0.05) is 19.9 Å². The maximum Gasteiger partial charge on any atom is 0.274 e. The molecule has 0 saturated carbocycles. The minimum atomic E-state index is -0.240. The minimum absolute atomic E-state index is 0.224. The molecule has 1 amide bonds. The number of carbonyl (C=O) groups is 1. The van der Waals surface area contributed by atoms with E-state index in [4.69, 9.17) is 4.42 Å². The number of aryl methyl sites for hydroxylation is 1. The highest BCUT2D eigenvalue weighted by atomic mass is 16.3. The van der Waals surface area contributed by atoms with Gasteiger partial charge in [0, 0.05) is 17.3 Å². The van der Waals surface area contributed by atoms with Crippen molar-refractivity contribution in [2.24, 2.45) is 0 Å². The van der Waals surface area contributed by atoms with Gasteiger partial charge in [0.2, 0.25) is 0 Å². The summed E-state index contributed by atoms with van der Waals surface area (Å²) in [5.41, 5.74) is 3.32. The number of aromatic nitrogens is 2. The quantitative estimate of drug-likeness (QED) is 0.795. The Morgan fingerprint density at radius 2 is 2.00 bits per heavy atom. The average Bonchev–Trinajstić information content (AvgIpc) is 2.90. The molecular weight excluding hydrogens is 278 g/mol. The van der Waals surface area contributed by atoms with Gasteiger partial charge in [0.1, 0.15) is 11.2 Å². The van der Waals surface area contributed by atoms with Crippen molar-refractivity contribution in [3.8, 4) is 0 Å². The Hall–Kier alpha value is -2.69. The summed E-state index contributed by atoms with van der Waals surface area (Å²) in [6.45, 7) is 5.90. The van der Waals surface area contributed by atoms with E-state index in [1.807, 2.05) is 39.0 Å². The Balaban J connectivity index is 1.86. The molecule has 0 aliphatic rings. The summed E-state index contributed by atoms with van der Waals surface area (Å²) >= 11 is 0. The Kier molecular flexibility index (Phi) is 3.63. The predicted octanol–water partition coefficient (Wildman–Crippen LogP) is 3.91. The number of rotatable bonds is 3. The molecule has 0 bridgehead atoms. The number of carbonyl (C=O) groups excluding carboxylic acids is 1. The third kappa shape index (κ3) is 2.83. The molecular formula is C17H17N3O2. The van der Waals surface area contributed by atoms with Crippen LogP contribution in [0.5, 0.6) is 0 Å². The zero-order chi connectivity index (χ0) is 15.7. The topological polar surface area (TPSA) is 68.0 Å². The Morgan fingerprint density at radius 3 is 2.73 bits per heavy atom. The van der Waals surface area contributed by atoms with Crippen LogP contribution >= 0.6 is 0 Å². The number of nitrogens with one attached hydrogen (secondary N) is 1. The van der Waals surface area contributed by atoms with Gasteiger partial charge in [-0.15, -0.1) is 0 Å². The molecule has 1 N–H and O–H groups in total. The number of hydrogen-bond donors (Lipinski definition) is 1. The van der Waals surface area contributed by atoms with Crippen LogP contribution in [0.25, 0.3) is 11.1 Å². The number of nitrogens with zero attached hydrogens (tertiary/aromatic N) is 2. The first-order valence-corrected chi connectivity index (χ1v) is 7.18. The molecule has 2 aromatic heterocycles. The van der Waals surface area contributed by atoms with Crippen molar-refractivity contribution in [2.75, 3.05) is 5.32 Å². The van der Waals surface area contributed by atoms with E-state index in [1.165, 1.54) is 0 Å². The fourth-order valence-corrected chi connectivity index (χ4v) is 2.13. The van der Waals surface area contributed by atoms with Gasteiger partial charge in [-0.05, 0) is 37.3 Å². The maximum atomic E-state index is 12.2. The van der Waals surface area contributed by atoms with Gasteiger partial charge in [0.05, 0.1) is 0 Å². The molecule has 3 rings (SSSR count). The third-order valence-corrected chi connectivity index (χ3v) is 3.28. The average molecular weight is 295 g/mol. The largest absolute Gasteiger partial charge is 0.440 e. The van der Waals surface area contributed by atoms with Gasteiger partial charge < -0.3 is 9.73 Å². The second kappa shape index (κ2) is 5.60. The molecule has 0 unspecified atom stereocenters. The van der Waals surface area contributed by atoms with E-state index in [9.17, 15) is 4.79 Å². The summed E-state index contributed by atoms with van der Waals surface area (Å²) in [4.78, 5) is 20.8. The van der Waals surface area contributed by atoms with Crippen molar-refractivity contribution >= 4 is 22.7 Å². The van der Waals surface area contributed by atoms with E-state index in [0.717, 1.165) is 16.8 Å². The fraction of sp³-hybridized carbons (Fsp3) is 0.235. The van der Waals surface area contributed by atoms with Crippen LogP contribution in [-0.4, -0.2) is 15.9 Å². The van der Waals surface area contributed by atoms with Gasteiger partial charge in [-0.25, -0.2) is 9.97 Å². The monoisotopic (exact) mass is 295 g/mol. The minimum Gasteiger partial charge on any atom is -0.440 e. The first kappa shape index (κ1) is 14.3. The molecule has 0 aliphatic carbocycles. The number of anilines is 1. The van der Waals surface area contributed by atoms with E-state index < -0.39 is 0 Å². The molecule has 0 fully saturated rings.